The van der Waals surface area contributed by atoms with Crippen molar-refractivity contribution in [1.29, 1.82) is 0 Å². The van der Waals surface area contributed by atoms with Gasteiger partial charge in [-0.3, -0.25) is 4.79 Å². The van der Waals surface area contributed by atoms with Gasteiger partial charge in [0.25, 0.3) is 5.24 Å². The van der Waals surface area contributed by atoms with Crippen LogP contribution in [0.2, 0.25) is 0 Å². The van der Waals surface area contributed by atoms with Crippen LogP contribution in [-0.4, -0.2) is 52.0 Å². The smallest absolute Gasteiger partial charge is 0.316 e. The van der Waals surface area contributed by atoms with Crippen LogP contribution in [0.3, 0.4) is 0 Å². The zero-order chi connectivity index (χ0) is 11.1. The van der Waals surface area contributed by atoms with E-state index in [2.05, 4.69) is 27.7 Å². The number of carbonyl (C=O) groups excluding carboxylic acids is 1. The highest BCUT2D eigenvalue weighted by atomic mass is 32.2. The van der Waals surface area contributed by atoms with Gasteiger partial charge < -0.3 is 4.90 Å². The molecule has 0 aliphatic rings. The first kappa shape index (κ1) is 18.0. The summed E-state index contributed by atoms with van der Waals surface area (Å²) in [6.07, 6.45) is 0. The van der Waals surface area contributed by atoms with Crippen LogP contribution in [0.4, 0.5) is 4.79 Å². The average molecular weight is 244 g/mol. The summed E-state index contributed by atoms with van der Waals surface area (Å²) in [6.45, 7) is 12.4. The maximum atomic E-state index is 11.7. The van der Waals surface area contributed by atoms with Gasteiger partial charge in [-0.05, 0) is 17.6 Å². The molecule has 4 heteroatoms. The van der Waals surface area contributed by atoms with Crippen LogP contribution >= 0.6 is 11.8 Å². The largest absolute Gasteiger partial charge is 0.333 e. The van der Waals surface area contributed by atoms with Crippen LogP contribution in [0.15, 0.2) is 0 Å². The van der Waals surface area contributed by atoms with Gasteiger partial charge in [0.1, 0.15) is 0 Å². The van der Waals surface area contributed by atoms with Gasteiger partial charge >= 0.3 is 23.1 Å². The maximum Gasteiger partial charge on any atom is 0.316 e. The number of hydrogen-bond donors (Lipinski definition) is 0. The fourth-order valence-electron chi connectivity index (χ4n) is 1.32. The van der Waals surface area contributed by atoms with E-state index in [1.807, 2.05) is 11.8 Å². The Bertz CT molecular complexity index is 164. The Morgan fingerprint density at radius 1 is 1.13 bits per heavy atom. The highest BCUT2D eigenvalue weighted by Crippen LogP contribution is 2.12. The summed E-state index contributed by atoms with van der Waals surface area (Å²) >= 11 is 1.41. The third kappa shape index (κ3) is 9.51. The second kappa shape index (κ2) is 9.79. The van der Waals surface area contributed by atoms with E-state index in [-0.39, 0.29) is 28.3 Å². The van der Waals surface area contributed by atoms with Gasteiger partial charge in [0.15, 0.2) is 0 Å². The predicted molar refractivity (Wildman–Crippen MR) is 73.3 cm³/mol. The zero-order valence-electron chi connectivity index (χ0n) is 10.0. The zero-order valence-corrected chi connectivity index (χ0v) is 10.9. The highest BCUT2D eigenvalue weighted by molar-refractivity contribution is 8.13. The van der Waals surface area contributed by atoms with Gasteiger partial charge in [-0.25, -0.2) is 0 Å². The summed E-state index contributed by atoms with van der Waals surface area (Å²) in [4.78, 5) is 13.7. The van der Waals surface area contributed by atoms with E-state index in [1.54, 1.807) is 0 Å². The molecule has 1 amide bonds. The minimum absolute atomic E-state index is 0. The van der Waals surface area contributed by atoms with Crippen molar-refractivity contribution in [3.05, 3.63) is 0 Å². The summed E-state index contributed by atoms with van der Waals surface area (Å²) in [5.74, 6) is 1.97. The van der Waals surface area contributed by atoms with Crippen LogP contribution in [0.25, 0.3) is 0 Å². The molecule has 0 saturated heterocycles. The van der Waals surface area contributed by atoms with Crippen LogP contribution in [0.5, 0.6) is 0 Å². The van der Waals surface area contributed by atoms with Gasteiger partial charge in [0.05, 0.1) is 0 Å². The second-order valence-electron chi connectivity index (χ2n) is 4.39. The van der Waals surface area contributed by atoms with Crippen molar-refractivity contribution in [2.24, 2.45) is 11.8 Å². The molecular formula is C11H25MgNOS. The molecule has 0 atom stereocenters. The first-order chi connectivity index (χ1) is 6.47. The van der Waals surface area contributed by atoms with Crippen molar-refractivity contribution in [1.82, 2.24) is 4.90 Å². The minimum atomic E-state index is 0. The molecule has 0 aliphatic heterocycles. The topological polar surface area (TPSA) is 20.3 Å². The van der Waals surface area contributed by atoms with Crippen molar-refractivity contribution in [2.45, 2.75) is 34.6 Å². The van der Waals surface area contributed by atoms with Crippen LogP contribution in [0.1, 0.15) is 34.6 Å². The molecule has 0 aromatic rings. The number of rotatable bonds is 5. The van der Waals surface area contributed by atoms with Crippen LogP contribution in [-0.2, 0) is 0 Å². The molecule has 0 rings (SSSR count). The Labute approximate surface area is 115 Å². The molecule has 0 bridgehead atoms. The summed E-state index contributed by atoms with van der Waals surface area (Å²) in [5, 5.41) is 0.231. The second-order valence-corrected chi connectivity index (χ2v) is 5.61. The number of amides is 1. The molecule has 0 saturated carbocycles. The standard InChI is InChI=1S/C11H23NOS.Mg.2H/c1-6-14-11(13)12(7-9(2)3)8-10(4)5;;;/h9-10H,6-8H2,1-5H3;;;. The predicted octanol–water partition coefficient (Wildman–Crippen LogP) is 2.56. The molecule has 0 aliphatic carbocycles. The van der Waals surface area contributed by atoms with Gasteiger partial charge in [-0.2, -0.15) is 0 Å². The van der Waals surface area contributed by atoms with E-state index in [4.69, 9.17) is 0 Å². The van der Waals surface area contributed by atoms with E-state index in [0.29, 0.717) is 11.8 Å². The molecule has 0 heterocycles. The van der Waals surface area contributed by atoms with E-state index in [1.165, 1.54) is 11.8 Å². The SMILES string of the molecule is CCSC(=O)N(CC(C)C)CC(C)C.[MgH2]. The van der Waals surface area contributed by atoms with Gasteiger partial charge in [0, 0.05) is 13.1 Å². The Morgan fingerprint density at radius 3 is 1.80 bits per heavy atom. The molecule has 0 aromatic carbocycles. The third-order valence-corrected chi connectivity index (χ3v) is 2.49. The molecule has 2 nitrogen and oxygen atoms in total. The lowest BCUT2D eigenvalue weighted by Gasteiger charge is -2.25. The van der Waals surface area contributed by atoms with Gasteiger partial charge in [-0.1, -0.05) is 46.4 Å². The molecular weight excluding hydrogens is 218 g/mol. The first-order valence-corrected chi connectivity index (χ1v) is 6.37. The molecule has 0 spiro atoms. The first-order valence-electron chi connectivity index (χ1n) is 5.39. The lowest BCUT2D eigenvalue weighted by Crippen LogP contribution is -2.34. The van der Waals surface area contributed by atoms with E-state index >= 15 is 0 Å². The summed E-state index contributed by atoms with van der Waals surface area (Å²) < 4.78 is 0. The lowest BCUT2D eigenvalue weighted by molar-refractivity contribution is 0.208. The van der Waals surface area contributed by atoms with Crippen LogP contribution in [0, 0.1) is 11.8 Å². The monoisotopic (exact) mass is 243 g/mol. The number of hydrogen-bond acceptors (Lipinski definition) is 2. The van der Waals surface area contributed by atoms with Crippen molar-refractivity contribution in [2.75, 3.05) is 18.8 Å². The van der Waals surface area contributed by atoms with Crippen molar-refractivity contribution in [3.8, 4) is 0 Å². The molecule has 0 aromatic heterocycles. The highest BCUT2D eigenvalue weighted by Gasteiger charge is 2.15. The summed E-state index contributed by atoms with van der Waals surface area (Å²) in [7, 11) is 0. The van der Waals surface area contributed by atoms with Crippen LogP contribution < -0.4 is 0 Å². The Balaban J connectivity index is 0. The molecule has 0 N–H and O–H groups in total. The van der Waals surface area contributed by atoms with Crippen molar-refractivity contribution in [3.63, 3.8) is 0 Å². The van der Waals surface area contributed by atoms with Crippen molar-refractivity contribution < 1.29 is 4.79 Å². The van der Waals surface area contributed by atoms with E-state index in [9.17, 15) is 4.79 Å². The fraction of sp³-hybridized carbons (Fsp3) is 0.909. The molecule has 88 valence electrons. The van der Waals surface area contributed by atoms with Gasteiger partial charge in [0.2, 0.25) is 0 Å². The molecule has 0 unspecified atom stereocenters. The Kier molecular flexibility index (Phi) is 11.7. The number of carbonyl (C=O) groups is 1. The Hall–Kier alpha value is 0.586. The molecule has 0 fully saturated rings. The minimum Gasteiger partial charge on any atom is -0.333 e. The quantitative estimate of drug-likeness (QED) is 0.692. The summed E-state index contributed by atoms with van der Waals surface area (Å²) in [5.41, 5.74) is 0. The number of thioether (sulfide) groups is 1. The normalized spacial score (nSPS) is 10.3. The third-order valence-electron chi connectivity index (χ3n) is 1.70. The molecule has 15 heavy (non-hydrogen) atoms. The van der Waals surface area contributed by atoms with Gasteiger partial charge in [-0.15, -0.1) is 0 Å². The number of nitrogens with zero attached hydrogens (tertiary/aromatic N) is 1. The van der Waals surface area contributed by atoms with E-state index in [0.717, 1.165) is 18.8 Å². The summed E-state index contributed by atoms with van der Waals surface area (Å²) in [6, 6.07) is 0. The van der Waals surface area contributed by atoms with E-state index < -0.39 is 0 Å². The van der Waals surface area contributed by atoms with Crippen molar-refractivity contribution >= 4 is 40.1 Å². The molecule has 0 radical (unpaired) electrons. The fourth-order valence-corrected chi connectivity index (χ4v) is 1.90. The Morgan fingerprint density at radius 2 is 1.53 bits per heavy atom. The lowest BCUT2D eigenvalue weighted by atomic mass is 10.1. The maximum absolute atomic E-state index is 11.7. The average Bonchev–Trinajstić information content (AvgIpc) is 2.01.